The van der Waals surface area contributed by atoms with Gasteiger partial charge in [-0.05, 0) is 18.6 Å². The van der Waals surface area contributed by atoms with Crippen molar-refractivity contribution >= 4 is 33.2 Å². The van der Waals surface area contributed by atoms with E-state index in [0.29, 0.717) is 16.4 Å². The standard InChI is InChI=1S/C13H15Cl2N3O2S/c1-9-13(12(7-14)17-16-9)21(19,20)18(2)8-10-5-3-4-6-11(10)15/h3-6H,7-8H2,1-2H3,(H,16,17). The molecule has 0 unspecified atom stereocenters. The van der Waals surface area contributed by atoms with Crippen molar-refractivity contribution in [3.05, 3.63) is 46.2 Å². The fourth-order valence-corrected chi connectivity index (χ4v) is 3.95. The molecule has 21 heavy (non-hydrogen) atoms. The van der Waals surface area contributed by atoms with E-state index in [9.17, 15) is 8.42 Å². The van der Waals surface area contributed by atoms with E-state index in [1.807, 2.05) is 6.07 Å². The number of aryl methyl sites for hydroxylation is 1. The van der Waals surface area contributed by atoms with E-state index in [4.69, 9.17) is 23.2 Å². The van der Waals surface area contributed by atoms with Crippen molar-refractivity contribution in [3.63, 3.8) is 0 Å². The second-order valence-corrected chi connectivity index (χ2v) is 7.27. The van der Waals surface area contributed by atoms with E-state index in [2.05, 4.69) is 10.2 Å². The minimum absolute atomic E-state index is 0.0266. The van der Waals surface area contributed by atoms with Gasteiger partial charge in [-0.15, -0.1) is 11.6 Å². The third-order valence-electron chi connectivity index (χ3n) is 3.11. The summed E-state index contributed by atoms with van der Waals surface area (Å²) in [4.78, 5) is 0.132. The SMILES string of the molecule is Cc1[nH]nc(CCl)c1S(=O)(=O)N(C)Cc1ccccc1Cl. The Hall–Kier alpha value is -1.08. The van der Waals surface area contributed by atoms with Crippen LogP contribution < -0.4 is 0 Å². The topological polar surface area (TPSA) is 66.1 Å². The molecule has 2 rings (SSSR count). The van der Waals surface area contributed by atoms with E-state index >= 15 is 0 Å². The van der Waals surface area contributed by atoms with Crippen molar-refractivity contribution in [2.75, 3.05) is 7.05 Å². The van der Waals surface area contributed by atoms with Crippen LogP contribution in [0, 0.1) is 6.92 Å². The van der Waals surface area contributed by atoms with Crippen LogP contribution in [-0.4, -0.2) is 30.0 Å². The van der Waals surface area contributed by atoms with Crippen LogP contribution in [0.1, 0.15) is 17.0 Å². The van der Waals surface area contributed by atoms with Gasteiger partial charge in [-0.25, -0.2) is 8.42 Å². The maximum Gasteiger partial charge on any atom is 0.246 e. The summed E-state index contributed by atoms with van der Waals surface area (Å²) in [5.74, 6) is 0.0266. The van der Waals surface area contributed by atoms with Crippen LogP contribution in [0.5, 0.6) is 0 Å². The lowest BCUT2D eigenvalue weighted by atomic mass is 10.2. The number of nitrogens with zero attached hydrogens (tertiary/aromatic N) is 2. The first-order chi connectivity index (χ1) is 9.87. The summed E-state index contributed by atoms with van der Waals surface area (Å²) in [5.41, 5.74) is 1.52. The Bertz CT molecular complexity index is 744. The molecule has 0 bridgehead atoms. The normalized spacial score (nSPS) is 12.0. The summed E-state index contributed by atoms with van der Waals surface area (Å²) >= 11 is 11.8. The van der Waals surface area contributed by atoms with Gasteiger partial charge in [0.05, 0.1) is 17.3 Å². The van der Waals surface area contributed by atoms with Gasteiger partial charge in [0, 0.05) is 18.6 Å². The third kappa shape index (κ3) is 3.23. The third-order valence-corrected chi connectivity index (χ3v) is 5.74. The molecule has 0 saturated heterocycles. The molecule has 1 heterocycles. The lowest BCUT2D eigenvalue weighted by Crippen LogP contribution is -2.27. The van der Waals surface area contributed by atoms with Gasteiger partial charge in [0.15, 0.2) is 0 Å². The number of aromatic amines is 1. The van der Waals surface area contributed by atoms with Crippen LogP contribution in [0.2, 0.25) is 5.02 Å². The Morgan fingerprint density at radius 1 is 1.33 bits per heavy atom. The van der Waals surface area contributed by atoms with Gasteiger partial charge in [-0.1, -0.05) is 29.8 Å². The summed E-state index contributed by atoms with van der Waals surface area (Å²) in [6, 6.07) is 7.13. The fraction of sp³-hybridized carbons (Fsp3) is 0.308. The number of sulfonamides is 1. The summed E-state index contributed by atoms with van der Waals surface area (Å²) in [5, 5.41) is 7.11. The van der Waals surface area contributed by atoms with Crippen LogP contribution in [0.4, 0.5) is 0 Å². The first kappa shape index (κ1) is 16.3. The number of hydrogen-bond acceptors (Lipinski definition) is 3. The minimum Gasteiger partial charge on any atom is -0.281 e. The van der Waals surface area contributed by atoms with Crippen LogP contribution in [0.25, 0.3) is 0 Å². The van der Waals surface area contributed by atoms with Gasteiger partial charge in [0.2, 0.25) is 10.0 Å². The molecule has 0 aliphatic rings. The average molecular weight is 348 g/mol. The van der Waals surface area contributed by atoms with Crippen molar-refractivity contribution in [2.24, 2.45) is 0 Å². The van der Waals surface area contributed by atoms with E-state index in [0.717, 1.165) is 5.56 Å². The van der Waals surface area contributed by atoms with Gasteiger partial charge in [0.25, 0.3) is 0 Å². The second kappa shape index (κ2) is 6.36. The Morgan fingerprint density at radius 2 is 2.00 bits per heavy atom. The molecule has 2 aromatic rings. The fourth-order valence-electron chi connectivity index (χ4n) is 2.01. The molecule has 5 nitrogen and oxygen atoms in total. The molecular weight excluding hydrogens is 333 g/mol. The Labute approximate surface area is 133 Å². The molecule has 0 aliphatic heterocycles. The summed E-state index contributed by atoms with van der Waals surface area (Å²) in [7, 11) is -2.18. The second-order valence-electron chi connectivity index (χ2n) is 4.61. The highest BCUT2D eigenvalue weighted by Gasteiger charge is 2.28. The number of alkyl halides is 1. The molecule has 1 aromatic heterocycles. The highest BCUT2D eigenvalue weighted by molar-refractivity contribution is 7.89. The van der Waals surface area contributed by atoms with Crippen LogP contribution in [0.3, 0.4) is 0 Å². The van der Waals surface area contributed by atoms with Crippen molar-refractivity contribution in [3.8, 4) is 0 Å². The lowest BCUT2D eigenvalue weighted by Gasteiger charge is -2.18. The van der Waals surface area contributed by atoms with E-state index in [-0.39, 0.29) is 17.3 Å². The Balaban J connectivity index is 2.35. The zero-order chi connectivity index (χ0) is 15.6. The quantitative estimate of drug-likeness (QED) is 0.845. The monoisotopic (exact) mass is 347 g/mol. The van der Waals surface area contributed by atoms with Crippen LogP contribution in [0.15, 0.2) is 29.2 Å². The van der Waals surface area contributed by atoms with Gasteiger partial charge >= 0.3 is 0 Å². The Morgan fingerprint density at radius 3 is 2.62 bits per heavy atom. The van der Waals surface area contributed by atoms with Gasteiger partial charge in [-0.2, -0.15) is 9.40 Å². The zero-order valence-corrected chi connectivity index (χ0v) is 13.9. The van der Waals surface area contributed by atoms with Crippen LogP contribution >= 0.6 is 23.2 Å². The van der Waals surface area contributed by atoms with Crippen molar-refractivity contribution < 1.29 is 8.42 Å². The van der Waals surface area contributed by atoms with E-state index < -0.39 is 10.0 Å². The van der Waals surface area contributed by atoms with Crippen molar-refractivity contribution in [2.45, 2.75) is 24.2 Å². The molecule has 0 radical (unpaired) electrons. The molecule has 0 spiro atoms. The minimum atomic E-state index is -3.69. The molecule has 8 heteroatoms. The summed E-state index contributed by atoms with van der Waals surface area (Å²) in [6.07, 6.45) is 0. The smallest absolute Gasteiger partial charge is 0.246 e. The summed E-state index contributed by atoms with van der Waals surface area (Å²) in [6.45, 7) is 1.83. The lowest BCUT2D eigenvalue weighted by molar-refractivity contribution is 0.466. The number of H-pyrrole nitrogens is 1. The predicted molar refractivity (Wildman–Crippen MR) is 83.0 cm³/mol. The molecule has 0 atom stereocenters. The molecule has 0 aliphatic carbocycles. The first-order valence-corrected chi connectivity index (χ1v) is 8.52. The van der Waals surface area contributed by atoms with Crippen LogP contribution in [-0.2, 0) is 22.4 Å². The van der Waals surface area contributed by atoms with Crippen molar-refractivity contribution in [1.82, 2.24) is 14.5 Å². The van der Waals surface area contributed by atoms with E-state index in [1.54, 1.807) is 25.1 Å². The average Bonchev–Trinajstić information content (AvgIpc) is 2.83. The number of aromatic nitrogens is 2. The van der Waals surface area contributed by atoms with Crippen molar-refractivity contribution in [1.29, 1.82) is 0 Å². The number of nitrogens with one attached hydrogen (secondary N) is 1. The zero-order valence-electron chi connectivity index (χ0n) is 11.6. The largest absolute Gasteiger partial charge is 0.281 e. The number of rotatable bonds is 5. The number of benzene rings is 1. The molecule has 1 aromatic carbocycles. The maximum atomic E-state index is 12.7. The molecule has 0 fully saturated rings. The van der Waals surface area contributed by atoms with Gasteiger partial charge < -0.3 is 0 Å². The number of halogens is 2. The van der Waals surface area contributed by atoms with Gasteiger partial charge in [-0.3, -0.25) is 5.10 Å². The Kier molecular flexibility index (Phi) is 4.93. The van der Waals surface area contributed by atoms with E-state index in [1.165, 1.54) is 11.4 Å². The maximum absolute atomic E-state index is 12.7. The molecule has 0 amide bonds. The molecular formula is C13H15Cl2N3O2S. The highest BCUT2D eigenvalue weighted by Crippen LogP contribution is 2.25. The first-order valence-electron chi connectivity index (χ1n) is 6.17. The van der Waals surface area contributed by atoms with Gasteiger partial charge in [0.1, 0.15) is 4.90 Å². The highest BCUT2D eigenvalue weighted by atomic mass is 35.5. The predicted octanol–water partition coefficient (Wildman–Crippen LogP) is 2.93. The molecule has 0 saturated carbocycles. The molecule has 1 N–H and O–H groups in total. The summed E-state index contributed by atoms with van der Waals surface area (Å²) < 4.78 is 26.6. The molecule has 114 valence electrons. The number of hydrogen-bond donors (Lipinski definition) is 1.